The van der Waals surface area contributed by atoms with Crippen molar-refractivity contribution in [1.82, 2.24) is 5.32 Å². The Morgan fingerprint density at radius 1 is 1.08 bits per heavy atom. The van der Waals surface area contributed by atoms with Gasteiger partial charge in [-0.3, -0.25) is 9.59 Å². The van der Waals surface area contributed by atoms with E-state index in [0.717, 1.165) is 33.7 Å². The molecule has 0 unspecified atom stereocenters. The molecule has 2 aromatic carbocycles. The Morgan fingerprint density at radius 2 is 1.77 bits per heavy atom. The van der Waals surface area contributed by atoms with E-state index in [-0.39, 0.29) is 18.4 Å². The molecular formula is C21H24N2O3. The Labute approximate surface area is 154 Å². The smallest absolute Gasteiger partial charge is 0.244 e. The predicted octanol–water partition coefficient (Wildman–Crippen LogP) is 3.39. The number of hydrogen-bond acceptors (Lipinski definition) is 3. The zero-order valence-corrected chi connectivity index (χ0v) is 15.6. The number of methoxy groups -OCH3 is 1. The molecule has 0 aliphatic rings. The first kappa shape index (κ1) is 19.2. The molecule has 0 fully saturated rings. The monoisotopic (exact) mass is 352 g/mol. The van der Waals surface area contributed by atoms with Crippen LogP contribution in [0.15, 0.2) is 42.5 Å². The van der Waals surface area contributed by atoms with Gasteiger partial charge in [-0.1, -0.05) is 29.8 Å². The van der Waals surface area contributed by atoms with Crippen molar-refractivity contribution in [2.75, 3.05) is 19.0 Å². The normalized spacial score (nSPS) is 10.6. The maximum atomic E-state index is 12.1. The molecule has 0 atom stereocenters. The van der Waals surface area contributed by atoms with Crippen molar-refractivity contribution in [2.24, 2.45) is 0 Å². The van der Waals surface area contributed by atoms with Gasteiger partial charge in [0.2, 0.25) is 11.8 Å². The van der Waals surface area contributed by atoms with Gasteiger partial charge in [0.25, 0.3) is 0 Å². The lowest BCUT2D eigenvalue weighted by Gasteiger charge is -2.13. The Kier molecular flexibility index (Phi) is 6.55. The summed E-state index contributed by atoms with van der Waals surface area (Å²) in [4.78, 5) is 24.0. The third kappa shape index (κ3) is 5.48. The zero-order chi connectivity index (χ0) is 19.1. The van der Waals surface area contributed by atoms with Gasteiger partial charge in [-0.2, -0.15) is 0 Å². The van der Waals surface area contributed by atoms with Gasteiger partial charge in [0, 0.05) is 11.8 Å². The van der Waals surface area contributed by atoms with E-state index >= 15 is 0 Å². The van der Waals surface area contributed by atoms with E-state index < -0.39 is 0 Å². The van der Waals surface area contributed by atoms with E-state index in [2.05, 4.69) is 10.6 Å². The Bertz CT molecular complexity index is 818. The standard InChI is InChI=1S/C21H24N2O3/c1-14-10-15(2)21(16(3)11-14)23-20(25)13-22-19(24)9-8-17-6-5-7-18(12-17)26-4/h5-12H,13H2,1-4H3,(H,22,24)(H,23,25). The van der Waals surface area contributed by atoms with E-state index in [1.807, 2.05) is 57.2 Å². The van der Waals surface area contributed by atoms with Crippen molar-refractivity contribution in [3.05, 3.63) is 64.7 Å². The van der Waals surface area contributed by atoms with Crippen molar-refractivity contribution in [1.29, 1.82) is 0 Å². The van der Waals surface area contributed by atoms with Crippen LogP contribution in [0.2, 0.25) is 0 Å². The van der Waals surface area contributed by atoms with Gasteiger partial charge < -0.3 is 15.4 Å². The Morgan fingerprint density at radius 3 is 2.42 bits per heavy atom. The number of anilines is 1. The number of aryl methyl sites for hydroxylation is 3. The highest BCUT2D eigenvalue weighted by atomic mass is 16.5. The second kappa shape index (κ2) is 8.85. The first-order valence-electron chi connectivity index (χ1n) is 8.36. The lowest BCUT2D eigenvalue weighted by atomic mass is 10.1. The maximum Gasteiger partial charge on any atom is 0.244 e. The van der Waals surface area contributed by atoms with E-state index in [9.17, 15) is 9.59 Å². The maximum absolute atomic E-state index is 12.1. The van der Waals surface area contributed by atoms with Gasteiger partial charge in [0.15, 0.2) is 0 Å². The molecule has 26 heavy (non-hydrogen) atoms. The summed E-state index contributed by atoms with van der Waals surface area (Å²) in [6.07, 6.45) is 3.06. The number of rotatable bonds is 6. The Hall–Kier alpha value is -3.08. The molecule has 5 heteroatoms. The molecule has 0 spiro atoms. The lowest BCUT2D eigenvalue weighted by Crippen LogP contribution is -2.32. The van der Waals surface area contributed by atoms with Crippen LogP contribution in [0.1, 0.15) is 22.3 Å². The van der Waals surface area contributed by atoms with Crippen LogP contribution in [-0.4, -0.2) is 25.5 Å². The molecule has 2 amide bonds. The minimum absolute atomic E-state index is 0.0892. The number of amides is 2. The summed E-state index contributed by atoms with van der Waals surface area (Å²) in [6.45, 7) is 5.82. The molecule has 2 aromatic rings. The highest BCUT2D eigenvalue weighted by molar-refractivity contribution is 5.98. The minimum Gasteiger partial charge on any atom is -0.497 e. The highest BCUT2D eigenvalue weighted by Gasteiger charge is 2.09. The molecule has 0 radical (unpaired) electrons. The van der Waals surface area contributed by atoms with Crippen LogP contribution in [-0.2, 0) is 9.59 Å². The molecule has 0 aromatic heterocycles. The minimum atomic E-state index is -0.333. The Balaban J connectivity index is 1.89. The van der Waals surface area contributed by atoms with Crippen LogP contribution < -0.4 is 15.4 Å². The van der Waals surface area contributed by atoms with Crippen LogP contribution >= 0.6 is 0 Å². The van der Waals surface area contributed by atoms with Gasteiger partial charge >= 0.3 is 0 Å². The fraction of sp³-hybridized carbons (Fsp3) is 0.238. The van der Waals surface area contributed by atoms with E-state index in [0.29, 0.717) is 0 Å². The van der Waals surface area contributed by atoms with Crippen molar-refractivity contribution in [3.8, 4) is 5.75 Å². The van der Waals surface area contributed by atoms with Gasteiger partial charge in [-0.15, -0.1) is 0 Å². The molecule has 0 saturated heterocycles. The average Bonchev–Trinajstić information content (AvgIpc) is 2.61. The van der Waals surface area contributed by atoms with Gasteiger partial charge in [0.05, 0.1) is 13.7 Å². The summed E-state index contributed by atoms with van der Waals surface area (Å²) in [7, 11) is 1.59. The van der Waals surface area contributed by atoms with Crippen molar-refractivity contribution >= 4 is 23.6 Å². The van der Waals surface area contributed by atoms with Crippen LogP contribution in [0.25, 0.3) is 6.08 Å². The topological polar surface area (TPSA) is 67.4 Å². The molecule has 2 rings (SSSR count). The van der Waals surface area contributed by atoms with Gasteiger partial charge in [-0.05, 0) is 55.7 Å². The predicted molar refractivity (Wildman–Crippen MR) is 104 cm³/mol. The number of carbonyl (C=O) groups excluding carboxylic acids is 2. The molecule has 0 aliphatic carbocycles. The SMILES string of the molecule is COc1cccc(C=CC(=O)NCC(=O)Nc2c(C)cc(C)cc2C)c1. The van der Waals surface area contributed by atoms with Crippen LogP contribution in [0, 0.1) is 20.8 Å². The van der Waals surface area contributed by atoms with Crippen molar-refractivity contribution in [2.45, 2.75) is 20.8 Å². The molecule has 0 saturated carbocycles. The molecule has 0 aliphatic heterocycles. The third-order valence-electron chi connectivity index (χ3n) is 3.89. The average molecular weight is 352 g/mol. The van der Waals surface area contributed by atoms with E-state index in [1.165, 1.54) is 6.08 Å². The molecule has 136 valence electrons. The number of carbonyl (C=O) groups is 2. The van der Waals surface area contributed by atoms with E-state index in [4.69, 9.17) is 4.74 Å². The summed E-state index contributed by atoms with van der Waals surface area (Å²) >= 11 is 0. The van der Waals surface area contributed by atoms with Gasteiger partial charge in [0.1, 0.15) is 5.75 Å². The summed E-state index contributed by atoms with van der Waals surface area (Å²) in [5.41, 5.74) is 4.78. The third-order valence-corrected chi connectivity index (χ3v) is 3.89. The van der Waals surface area contributed by atoms with Crippen molar-refractivity contribution in [3.63, 3.8) is 0 Å². The first-order chi connectivity index (χ1) is 12.4. The lowest BCUT2D eigenvalue weighted by molar-refractivity contribution is -0.121. The van der Waals surface area contributed by atoms with Gasteiger partial charge in [-0.25, -0.2) is 0 Å². The first-order valence-corrected chi connectivity index (χ1v) is 8.36. The summed E-state index contributed by atoms with van der Waals surface area (Å²) < 4.78 is 5.14. The molecule has 0 heterocycles. The van der Waals surface area contributed by atoms with Crippen LogP contribution in [0.4, 0.5) is 5.69 Å². The number of nitrogens with one attached hydrogen (secondary N) is 2. The second-order valence-electron chi connectivity index (χ2n) is 6.15. The molecule has 0 bridgehead atoms. The fourth-order valence-electron chi connectivity index (χ4n) is 2.70. The highest BCUT2D eigenvalue weighted by Crippen LogP contribution is 2.21. The van der Waals surface area contributed by atoms with Crippen molar-refractivity contribution < 1.29 is 14.3 Å². The quantitative estimate of drug-likeness (QED) is 0.783. The van der Waals surface area contributed by atoms with E-state index in [1.54, 1.807) is 13.2 Å². The molecule has 2 N–H and O–H groups in total. The summed E-state index contributed by atoms with van der Waals surface area (Å²) in [5.74, 6) is 0.124. The number of benzene rings is 2. The number of hydrogen-bond donors (Lipinski definition) is 2. The number of ether oxygens (including phenoxy) is 1. The largest absolute Gasteiger partial charge is 0.497 e. The molecular weight excluding hydrogens is 328 g/mol. The fourth-order valence-corrected chi connectivity index (χ4v) is 2.70. The zero-order valence-electron chi connectivity index (χ0n) is 15.6. The van der Waals surface area contributed by atoms with Crippen LogP contribution in [0.5, 0.6) is 5.75 Å². The summed E-state index contributed by atoms with van der Waals surface area (Å²) in [5, 5.41) is 5.44. The van der Waals surface area contributed by atoms with Crippen LogP contribution in [0.3, 0.4) is 0 Å². The summed E-state index contributed by atoms with van der Waals surface area (Å²) in [6, 6.07) is 11.4. The molecule has 5 nitrogen and oxygen atoms in total. The second-order valence-corrected chi connectivity index (χ2v) is 6.15.